The third-order valence-corrected chi connectivity index (χ3v) is 6.65. The standard InChI is InChI=1S/C23H31NO/c1-12(2)7-9-17-11-14(4)18-10-8-13(3)19-21(18)20(17)15(5)22-23(19)25-16(6)24-22/h7,13-14,17-18H,8-11H2,1-6H3/t13-,14-,17?,18+/m0/s1. The first-order valence-corrected chi connectivity index (χ1v) is 9.95. The third-order valence-electron chi connectivity index (χ3n) is 6.65. The van der Waals surface area contributed by atoms with Gasteiger partial charge in [0, 0.05) is 12.5 Å². The molecule has 2 nitrogen and oxygen atoms in total. The summed E-state index contributed by atoms with van der Waals surface area (Å²) in [5.74, 6) is 3.48. The van der Waals surface area contributed by atoms with E-state index in [0.29, 0.717) is 17.8 Å². The van der Waals surface area contributed by atoms with Crippen molar-refractivity contribution in [3.8, 4) is 0 Å². The van der Waals surface area contributed by atoms with E-state index in [4.69, 9.17) is 9.40 Å². The van der Waals surface area contributed by atoms with Gasteiger partial charge in [-0.1, -0.05) is 25.5 Å². The van der Waals surface area contributed by atoms with Crippen molar-refractivity contribution in [3.05, 3.63) is 39.8 Å². The number of rotatable bonds is 2. The van der Waals surface area contributed by atoms with E-state index in [1.54, 1.807) is 11.1 Å². The summed E-state index contributed by atoms with van der Waals surface area (Å²) in [4.78, 5) is 4.78. The van der Waals surface area contributed by atoms with Gasteiger partial charge in [0.05, 0.1) is 0 Å². The van der Waals surface area contributed by atoms with E-state index in [1.807, 2.05) is 6.92 Å². The molecule has 2 heteroatoms. The Morgan fingerprint density at radius 1 is 1.12 bits per heavy atom. The Hall–Kier alpha value is -1.57. The minimum atomic E-state index is 0.579. The molecule has 2 aromatic rings. The maximum Gasteiger partial charge on any atom is 0.192 e. The Morgan fingerprint density at radius 3 is 2.60 bits per heavy atom. The van der Waals surface area contributed by atoms with Crippen LogP contribution in [0.25, 0.3) is 11.1 Å². The molecule has 1 aromatic carbocycles. The van der Waals surface area contributed by atoms with Crippen LogP contribution in [-0.4, -0.2) is 4.98 Å². The van der Waals surface area contributed by atoms with Gasteiger partial charge in [0.2, 0.25) is 0 Å². The summed E-state index contributed by atoms with van der Waals surface area (Å²) < 4.78 is 6.14. The van der Waals surface area contributed by atoms with Crippen molar-refractivity contribution < 1.29 is 4.42 Å². The van der Waals surface area contributed by atoms with Crippen LogP contribution in [0.4, 0.5) is 0 Å². The second-order valence-electron chi connectivity index (χ2n) is 8.79. The maximum absolute atomic E-state index is 6.14. The molecule has 0 fully saturated rings. The predicted molar refractivity (Wildman–Crippen MR) is 104 cm³/mol. The zero-order valence-corrected chi connectivity index (χ0v) is 16.6. The average Bonchev–Trinajstić information content (AvgIpc) is 2.93. The summed E-state index contributed by atoms with van der Waals surface area (Å²) >= 11 is 0. The molecule has 0 radical (unpaired) electrons. The molecule has 0 amide bonds. The lowest BCUT2D eigenvalue weighted by atomic mass is 9.61. The molecule has 2 aliphatic rings. The number of fused-ring (bicyclic) bond motifs is 2. The zero-order chi connectivity index (χ0) is 17.9. The van der Waals surface area contributed by atoms with Crippen LogP contribution in [0, 0.1) is 19.8 Å². The van der Waals surface area contributed by atoms with Crippen LogP contribution in [-0.2, 0) is 0 Å². The number of benzene rings is 1. The minimum Gasteiger partial charge on any atom is -0.441 e. The van der Waals surface area contributed by atoms with Crippen LogP contribution in [0.1, 0.15) is 99.3 Å². The molecule has 0 saturated carbocycles. The van der Waals surface area contributed by atoms with Crippen LogP contribution in [0.2, 0.25) is 0 Å². The Morgan fingerprint density at radius 2 is 1.88 bits per heavy atom. The number of hydrogen-bond acceptors (Lipinski definition) is 2. The Balaban J connectivity index is 2.02. The molecule has 1 aromatic heterocycles. The lowest BCUT2D eigenvalue weighted by molar-refractivity contribution is 0.316. The Labute approximate surface area is 151 Å². The third kappa shape index (κ3) is 2.56. The summed E-state index contributed by atoms with van der Waals surface area (Å²) in [5, 5.41) is 0. The number of aryl methyl sites for hydroxylation is 2. The zero-order valence-electron chi connectivity index (χ0n) is 16.6. The van der Waals surface area contributed by atoms with Crippen molar-refractivity contribution in [3.63, 3.8) is 0 Å². The van der Waals surface area contributed by atoms with Gasteiger partial charge in [-0.15, -0.1) is 0 Å². The van der Waals surface area contributed by atoms with Gasteiger partial charge in [-0.3, -0.25) is 0 Å². The smallest absolute Gasteiger partial charge is 0.192 e. The van der Waals surface area contributed by atoms with Crippen molar-refractivity contribution in [2.45, 2.75) is 85.0 Å². The van der Waals surface area contributed by atoms with Crippen LogP contribution in [0.5, 0.6) is 0 Å². The van der Waals surface area contributed by atoms with E-state index >= 15 is 0 Å². The quantitative estimate of drug-likeness (QED) is 0.557. The van der Waals surface area contributed by atoms with Crippen molar-refractivity contribution in [1.82, 2.24) is 4.98 Å². The average molecular weight is 338 g/mol. The number of aromatic nitrogens is 1. The second kappa shape index (κ2) is 6.00. The van der Waals surface area contributed by atoms with Crippen molar-refractivity contribution in [1.29, 1.82) is 0 Å². The molecule has 0 saturated heterocycles. The van der Waals surface area contributed by atoms with Gasteiger partial charge in [0.25, 0.3) is 0 Å². The normalized spacial score (nSPS) is 28.1. The van der Waals surface area contributed by atoms with E-state index in [2.05, 4.69) is 40.7 Å². The number of nitrogens with zero attached hydrogens (tertiary/aromatic N) is 1. The van der Waals surface area contributed by atoms with Crippen LogP contribution in [0.3, 0.4) is 0 Å². The molecule has 0 spiro atoms. The van der Waals surface area contributed by atoms with E-state index in [9.17, 15) is 0 Å². The molecule has 1 heterocycles. The Bertz CT molecular complexity index is 853. The molecule has 25 heavy (non-hydrogen) atoms. The fraction of sp³-hybridized carbons (Fsp3) is 0.609. The molecule has 4 atom stereocenters. The first-order valence-electron chi connectivity index (χ1n) is 9.95. The topological polar surface area (TPSA) is 26.0 Å². The van der Waals surface area contributed by atoms with Gasteiger partial charge in [-0.05, 0) is 86.8 Å². The molecule has 1 unspecified atom stereocenters. The highest BCUT2D eigenvalue weighted by molar-refractivity contribution is 5.85. The fourth-order valence-electron chi connectivity index (χ4n) is 5.49. The van der Waals surface area contributed by atoms with Crippen molar-refractivity contribution in [2.24, 2.45) is 5.92 Å². The van der Waals surface area contributed by atoms with E-state index in [0.717, 1.165) is 29.3 Å². The molecule has 2 aliphatic carbocycles. The molecule has 0 bridgehead atoms. The highest BCUT2D eigenvalue weighted by atomic mass is 16.3. The van der Waals surface area contributed by atoms with Gasteiger partial charge in [-0.25, -0.2) is 4.98 Å². The van der Waals surface area contributed by atoms with Gasteiger partial charge in [0.1, 0.15) is 5.52 Å². The lowest BCUT2D eigenvalue weighted by Crippen LogP contribution is -2.28. The SMILES string of the molecule is CC(C)=CCC1C[C@H](C)[C@H]2CC[C@H](C)c3c2c1c(C)c1nc(C)oc31. The maximum atomic E-state index is 6.14. The summed E-state index contributed by atoms with van der Waals surface area (Å²) in [6.07, 6.45) is 7.49. The number of hydrogen-bond donors (Lipinski definition) is 0. The van der Waals surface area contributed by atoms with E-state index in [1.165, 1.54) is 36.0 Å². The Kier molecular flexibility index (Phi) is 4.05. The van der Waals surface area contributed by atoms with Gasteiger partial charge in [0.15, 0.2) is 11.5 Å². The lowest BCUT2D eigenvalue weighted by Gasteiger charge is -2.43. The first-order chi connectivity index (χ1) is 11.9. The minimum absolute atomic E-state index is 0.579. The summed E-state index contributed by atoms with van der Waals surface area (Å²) in [6.45, 7) is 13.5. The summed E-state index contributed by atoms with van der Waals surface area (Å²) in [6, 6.07) is 0. The number of oxazole rings is 1. The number of allylic oxidation sites excluding steroid dienone is 2. The molecule has 0 aliphatic heterocycles. The fourth-order valence-corrected chi connectivity index (χ4v) is 5.49. The van der Waals surface area contributed by atoms with Crippen LogP contribution < -0.4 is 0 Å². The van der Waals surface area contributed by atoms with Crippen molar-refractivity contribution in [2.75, 3.05) is 0 Å². The highest BCUT2D eigenvalue weighted by Gasteiger charge is 2.40. The molecule has 134 valence electrons. The second-order valence-corrected chi connectivity index (χ2v) is 8.79. The first kappa shape index (κ1) is 16.9. The predicted octanol–water partition coefficient (Wildman–Crippen LogP) is 6.91. The molecule has 0 N–H and O–H groups in total. The monoisotopic (exact) mass is 337 g/mol. The van der Waals surface area contributed by atoms with E-state index in [-0.39, 0.29) is 0 Å². The van der Waals surface area contributed by atoms with E-state index < -0.39 is 0 Å². The molecular weight excluding hydrogens is 306 g/mol. The summed E-state index contributed by atoms with van der Waals surface area (Å²) in [5.41, 5.74) is 9.75. The van der Waals surface area contributed by atoms with Gasteiger partial charge in [-0.2, -0.15) is 0 Å². The van der Waals surface area contributed by atoms with Crippen molar-refractivity contribution >= 4 is 11.1 Å². The molecular formula is C23H31NO. The van der Waals surface area contributed by atoms with Gasteiger partial charge >= 0.3 is 0 Å². The highest BCUT2D eigenvalue weighted by Crippen LogP contribution is 2.55. The van der Waals surface area contributed by atoms with Crippen LogP contribution >= 0.6 is 0 Å². The van der Waals surface area contributed by atoms with Gasteiger partial charge < -0.3 is 4.42 Å². The van der Waals surface area contributed by atoms with Crippen LogP contribution in [0.15, 0.2) is 16.1 Å². The summed E-state index contributed by atoms with van der Waals surface area (Å²) in [7, 11) is 0. The molecule has 4 rings (SSSR count). The largest absolute Gasteiger partial charge is 0.441 e.